The maximum Gasteiger partial charge on any atom is 0.131 e. The zero-order valence-electron chi connectivity index (χ0n) is 11.2. The number of nitrogens with two attached hydrogens (primary N) is 1. The van der Waals surface area contributed by atoms with E-state index in [1.54, 1.807) is 0 Å². The molecule has 1 fully saturated rings. The van der Waals surface area contributed by atoms with Crippen LogP contribution in [0.4, 0.5) is 5.82 Å². The highest BCUT2D eigenvalue weighted by atomic mass is 15.4. The summed E-state index contributed by atoms with van der Waals surface area (Å²) in [6.07, 6.45) is 6.68. The Morgan fingerprint density at radius 3 is 2.59 bits per heavy atom. The molecule has 0 spiro atoms. The molecule has 0 atom stereocenters. The Bertz CT molecular complexity index is 377. The van der Waals surface area contributed by atoms with E-state index in [0.29, 0.717) is 12.6 Å². The van der Waals surface area contributed by atoms with Gasteiger partial charge in [0, 0.05) is 32.2 Å². The fourth-order valence-corrected chi connectivity index (χ4v) is 3.01. The molecule has 1 aliphatic rings. The predicted octanol–water partition coefficient (Wildman–Crippen LogP) is 1.96. The average molecular weight is 236 g/mol. The van der Waals surface area contributed by atoms with Crippen LogP contribution in [-0.4, -0.2) is 22.9 Å². The zero-order chi connectivity index (χ0) is 12.4. The number of anilines is 1. The molecule has 0 amide bonds. The van der Waals surface area contributed by atoms with Gasteiger partial charge < -0.3 is 10.6 Å². The highest BCUT2D eigenvalue weighted by Crippen LogP contribution is 2.29. The summed E-state index contributed by atoms with van der Waals surface area (Å²) >= 11 is 0. The van der Waals surface area contributed by atoms with Crippen LogP contribution in [0, 0.1) is 6.92 Å². The lowest BCUT2D eigenvalue weighted by molar-refractivity contribution is 0.422. The van der Waals surface area contributed by atoms with E-state index in [4.69, 9.17) is 5.73 Å². The van der Waals surface area contributed by atoms with Gasteiger partial charge in [-0.3, -0.25) is 4.68 Å². The van der Waals surface area contributed by atoms with Crippen LogP contribution >= 0.6 is 0 Å². The van der Waals surface area contributed by atoms with E-state index >= 15 is 0 Å². The smallest absolute Gasteiger partial charge is 0.131 e. The Morgan fingerprint density at radius 2 is 2.00 bits per heavy atom. The van der Waals surface area contributed by atoms with E-state index in [1.807, 2.05) is 18.7 Å². The number of rotatable bonds is 3. The molecule has 0 aromatic carbocycles. The quantitative estimate of drug-likeness (QED) is 0.872. The summed E-state index contributed by atoms with van der Waals surface area (Å²) in [5.74, 6) is 1.21. The van der Waals surface area contributed by atoms with Gasteiger partial charge in [0.2, 0.25) is 0 Å². The largest absolute Gasteiger partial charge is 0.357 e. The van der Waals surface area contributed by atoms with Crippen molar-refractivity contribution in [2.75, 3.05) is 11.9 Å². The number of aryl methyl sites for hydroxylation is 2. The van der Waals surface area contributed by atoms with Crippen LogP contribution in [0.15, 0.2) is 0 Å². The van der Waals surface area contributed by atoms with Gasteiger partial charge in [-0.1, -0.05) is 19.3 Å². The summed E-state index contributed by atoms with van der Waals surface area (Å²) in [6.45, 7) is 2.62. The Morgan fingerprint density at radius 1 is 1.35 bits per heavy atom. The number of aromatic nitrogens is 2. The third kappa shape index (κ3) is 2.32. The fourth-order valence-electron chi connectivity index (χ4n) is 3.01. The van der Waals surface area contributed by atoms with Gasteiger partial charge in [0.1, 0.15) is 5.82 Å². The van der Waals surface area contributed by atoms with Crippen LogP contribution in [0.1, 0.15) is 43.4 Å². The molecule has 4 nitrogen and oxygen atoms in total. The second-order valence-electron chi connectivity index (χ2n) is 5.12. The van der Waals surface area contributed by atoms with E-state index in [9.17, 15) is 0 Å². The van der Waals surface area contributed by atoms with Gasteiger partial charge in [0.25, 0.3) is 0 Å². The lowest BCUT2D eigenvalue weighted by Gasteiger charge is -2.33. The predicted molar refractivity (Wildman–Crippen MR) is 71.1 cm³/mol. The van der Waals surface area contributed by atoms with E-state index < -0.39 is 0 Å². The van der Waals surface area contributed by atoms with Crippen molar-refractivity contribution in [3.63, 3.8) is 0 Å². The third-order valence-corrected chi connectivity index (χ3v) is 3.97. The second kappa shape index (κ2) is 5.08. The van der Waals surface area contributed by atoms with Crippen LogP contribution in [0.3, 0.4) is 0 Å². The van der Waals surface area contributed by atoms with E-state index in [1.165, 1.54) is 43.5 Å². The molecule has 0 radical (unpaired) electrons. The Hall–Kier alpha value is -1.03. The van der Waals surface area contributed by atoms with Gasteiger partial charge >= 0.3 is 0 Å². The van der Waals surface area contributed by atoms with Gasteiger partial charge in [-0.25, -0.2) is 0 Å². The van der Waals surface area contributed by atoms with Gasteiger partial charge in [0.15, 0.2) is 0 Å². The Balaban J connectivity index is 2.25. The second-order valence-corrected chi connectivity index (χ2v) is 5.12. The van der Waals surface area contributed by atoms with Crippen molar-refractivity contribution in [3.05, 3.63) is 11.3 Å². The lowest BCUT2D eigenvalue weighted by atomic mass is 9.94. The molecule has 0 aliphatic heterocycles. The third-order valence-electron chi connectivity index (χ3n) is 3.97. The summed E-state index contributed by atoms with van der Waals surface area (Å²) in [5.41, 5.74) is 8.11. The molecule has 1 aromatic heterocycles. The van der Waals surface area contributed by atoms with Crippen molar-refractivity contribution >= 4 is 5.82 Å². The summed E-state index contributed by atoms with van der Waals surface area (Å²) in [4.78, 5) is 2.39. The molecule has 0 saturated heterocycles. The molecule has 1 aromatic rings. The van der Waals surface area contributed by atoms with E-state index in [2.05, 4.69) is 17.0 Å². The first-order valence-corrected chi connectivity index (χ1v) is 6.60. The highest BCUT2D eigenvalue weighted by molar-refractivity contribution is 5.50. The van der Waals surface area contributed by atoms with Gasteiger partial charge in [-0.15, -0.1) is 0 Å². The van der Waals surface area contributed by atoms with Gasteiger partial charge in [-0.2, -0.15) is 5.10 Å². The number of nitrogens with zero attached hydrogens (tertiary/aromatic N) is 3. The molecule has 0 bridgehead atoms. The van der Waals surface area contributed by atoms with Crippen LogP contribution in [0.25, 0.3) is 0 Å². The normalized spacial score (nSPS) is 17.4. The molecular weight excluding hydrogens is 212 g/mol. The fraction of sp³-hybridized carbons (Fsp3) is 0.769. The monoisotopic (exact) mass is 236 g/mol. The molecule has 2 N–H and O–H groups in total. The van der Waals surface area contributed by atoms with Crippen LogP contribution in [0.5, 0.6) is 0 Å². The minimum Gasteiger partial charge on any atom is -0.357 e. The van der Waals surface area contributed by atoms with Crippen LogP contribution in [0.2, 0.25) is 0 Å². The number of hydrogen-bond acceptors (Lipinski definition) is 3. The maximum absolute atomic E-state index is 5.85. The van der Waals surface area contributed by atoms with Crippen molar-refractivity contribution in [3.8, 4) is 0 Å². The molecule has 2 rings (SSSR count). The van der Waals surface area contributed by atoms with Crippen molar-refractivity contribution in [1.82, 2.24) is 9.78 Å². The number of hydrogen-bond donors (Lipinski definition) is 1. The van der Waals surface area contributed by atoms with Crippen molar-refractivity contribution < 1.29 is 0 Å². The van der Waals surface area contributed by atoms with Gasteiger partial charge in [-0.05, 0) is 19.8 Å². The summed E-state index contributed by atoms with van der Waals surface area (Å²) < 4.78 is 1.98. The summed E-state index contributed by atoms with van der Waals surface area (Å²) in [6, 6.07) is 0.656. The lowest BCUT2D eigenvalue weighted by Crippen LogP contribution is -2.35. The molecule has 1 aliphatic carbocycles. The highest BCUT2D eigenvalue weighted by Gasteiger charge is 2.23. The van der Waals surface area contributed by atoms with E-state index in [-0.39, 0.29) is 0 Å². The molecular formula is C13H24N4. The molecule has 1 saturated carbocycles. The standard InChI is InChI=1S/C13H24N4/c1-10-12(9-14)13(17(3)15-10)16(2)11-7-5-4-6-8-11/h11H,4-9,14H2,1-3H3. The van der Waals surface area contributed by atoms with Crippen molar-refractivity contribution in [1.29, 1.82) is 0 Å². The first kappa shape index (κ1) is 12.4. The van der Waals surface area contributed by atoms with Crippen molar-refractivity contribution in [2.24, 2.45) is 12.8 Å². The molecule has 17 heavy (non-hydrogen) atoms. The van der Waals surface area contributed by atoms with Crippen molar-refractivity contribution in [2.45, 2.75) is 51.6 Å². The summed E-state index contributed by atoms with van der Waals surface area (Å²) in [7, 11) is 4.20. The topological polar surface area (TPSA) is 47.1 Å². The molecule has 0 unspecified atom stereocenters. The first-order chi connectivity index (χ1) is 8.15. The molecule has 4 heteroatoms. The Labute approximate surface area is 104 Å². The minimum atomic E-state index is 0.575. The van der Waals surface area contributed by atoms with Crippen LogP contribution < -0.4 is 10.6 Å². The molecule has 1 heterocycles. The summed E-state index contributed by atoms with van der Waals surface area (Å²) in [5, 5.41) is 4.49. The SMILES string of the molecule is Cc1nn(C)c(N(C)C2CCCCC2)c1CN. The minimum absolute atomic E-state index is 0.575. The molecule has 96 valence electrons. The van der Waals surface area contributed by atoms with Gasteiger partial charge in [0.05, 0.1) is 5.69 Å². The van der Waals surface area contributed by atoms with E-state index in [0.717, 1.165) is 5.69 Å². The first-order valence-electron chi connectivity index (χ1n) is 6.60. The maximum atomic E-state index is 5.85. The van der Waals surface area contributed by atoms with Crippen LogP contribution in [-0.2, 0) is 13.6 Å². The Kier molecular flexibility index (Phi) is 3.72. The average Bonchev–Trinajstić information content (AvgIpc) is 2.63. The zero-order valence-corrected chi connectivity index (χ0v) is 11.2.